The van der Waals surface area contributed by atoms with Crippen LogP contribution in [0.3, 0.4) is 0 Å². The molecule has 1 fully saturated rings. The van der Waals surface area contributed by atoms with Gasteiger partial charge in [-0.05, 0) is 52.1 Å². The zero-order valence-electron chi connectivity index (χ0n) is 28.5. The topological polar surface area (TPSA) is 122 Å². The van der Waals surface area contributed by atoms with Crippen molar-refractivity contribution in [2.24, 2.45) is 0 Å². The fourth-order valence-corrected chi connectivity index (χ4v) is 9.79. The van der Waals surface area contributed by atoms with Gasteiger partial charge in [0.2, 0.25) is 0 Å². The van der Waals surface area contributed by atoms with E-state index in [-0.39, 0.29) is 46.6 Å². The van der Waals surface area contributed by atoms with Gasteiger partial charge in [-0.15, -0.1) is 0 Å². The molecule has 0 radical (unpaired) electrons. The molecule has 52 heavy (non-hydrogen) atoms. The third-order valence-electron chi connectivity index (χ3n) is 10.4. The lowest BCUT2D eigenvalue weighted by Gasteiger charge is -2.36. The number of hydrogen-bond acceptors (Lipinski definition) is 9. The van der Waals surface area contributed by atoms with Crippen LogP contribution in [-0.2, 0) is 29.8 Å². The monoisotopic (exact) mass is 716 g/mol. The van der Waals surface area contributed by atoms with Gasteiger partial charge in [-0.1, -0.05) is 97.1 Å². The number of aliphatic hydroxyl groups excluding tert-OH is 1. The van der Waals surface area contributed by atoms with E-state index in [0.717, 1.165) is 27.8 Å². The summed E-state index contributed by atoms with van der Waals surface area (Å²) in [5, 5.41) is 11.1. The van der Waals surface area contributed by atoms with Crippen LogP contribution in [0.5, 0.6) is 5.75 Å². The normalized spacial score (nSPS) is 21.1. The number of methoxy groups -OCH3 is 2. The fraction of sp³-hybridized carbons (Fsp3) is 0.220. The molecule has 10 nitrogen and oxygen atoms in total. The summed E-state index contributed by atoms with van der Waals surface area (Å²) in [4.78, 5) is 30.3. The minimum absolute atomic E-state index is 0.00827. The Morgan fingerprint density at radius 2 is 1.44 bits per heavy atom. The second-order valence-electron chi connectivity index (χ2n) is 13.0. The molecule has 264 valence electrons. The molecule has 0 amide bonds. The van der Waals surface area contributed by atoms with Crippen LogP contribution in [0.25, 0.3) is 11.1 Å². The van der Waals surface area contributed by atoms with Gasteiger partial charge >= 0.3 is 5.97 Å². The van der Waals surface area contributed by atoms with Crippen molar-refractivity contribution in [3.8, 4) is 16.9 Å². The predicted octanol–water partition coefficient (Wildman–Crippen LogP) is 5.34. The maximum atomic E-state index is 15.1. The summed E-state index contributed by atoms with van der Waals surface area (Å²) in [7, 11) is -1.69. The number of carbonyl (C=O) groups is 2. The van der Waals surface area contributed by atoms with E-state index >= 15 is 4.79 Å². The Bertz CT molecular complexity index is 2250. The lowest BCUT2D eigenvalue weighted by molar-refractivity contribution is -0.122. The smallest absolute Gasteiger partial charge is 0.338 e. The van der Waals surface area contributed by atoms with Crippen LogP contribution in [0.2, 0.25) is 0 Å². The van der Waals surface area contributed by atoms with Crippen LogP contribution in [0.1, 0.15) is 38.5 Å². The number of anilines is 1. The Morgan fingerprint density at radius 1 is 0.846 bits per heavy atom. The van der Waals surface area contributed by atoms with Gasteiger partial charge in [-0.2, -0.15) is 0 Å². The van der Waals surface area contributed by atoms with Gasteiger partial charge in [0, 0.05) is 12.7 Å². The van der Waals surface area contributed by atoms with Crippen LogP contribution in [0.4, 0.5) is 5.69 Å². The molecule has 11 heteroatoms. The van der Waals surface area contributed by atoms with Crippen molar-refractivity contribution in [2.45, 2.75) is 28.4 Å². The molecule has 0 aromatic heterocycles. The van der Waals surface area contributed by atoms with Crippen LogP contribution in [0.15, 0.2) is 126 Å². The number of benzene rings is 5. The van der Waals surface area contributed by atoms with E-state index in [1.165, 1.54) is 42.8 Å². The average Bonchev–Trinajstić information content (AvgIpc) is 3.82. The quantitative estimate of drug-likeness (QED) is 0.123. The first-order chi connectivity index (χ1) is 25.3. The van der Waals surface area contributed by atoms with Gasteiger partial charge in [0.25, 0.3) is 10.0 Å². The molecule has 5 aromatic rings. The highest BCUT2D eigenvalue weighted by atomic mass is 32.2. The standard InChI is InChI=1S/C41H36N2O8S/c1-49-25-51-36-22-26(40(46)50-2)21-34-37(36)31(24-44)39(45)38-35(23-42(34)52(47,48)28-15-7-4-8-16-28)43(38)41(27-13-5-3-6-14-27)32-19-11-9-17-29(32)30-18-10-12-20-33(30)41/h3-22,31,35,38,44H,23-25H2,1-2H3/t31-,35-,38-,43?/m0/s1. The zero-order chi connectivity index (χ0) is 36.2. The van der Waals surface area contributed by atoms with Gasteiger partial charge in [0.15, 0.2) is 12.6 Å². The molecule has 1 aliphatic carbocycles. The summed E-state index contributed by atoms with van der Waals surface area (Å²) in [5.41, 5.74) is 4.09. The molecule has 0 spiro atoms. The molecule has 3 aliphatic rings. The summed E-state index contributed by atoms with van der Waals surface area (Å²) in [6, 6.07) is 35.5. The van der Waals surface area contributed by atoms with Crippen LogP contribution in [-0.4, -0.2) is 76.4 Å². The second kappa shape index (κ2) is 13.0. The van der Waals surface area contributed by atoms with E-state index in [0.29, 0.717) is 0 Å². The second-order valence-corrected chi connectivity index (χ2v) is 14.9. The summed E-state index contributed by atoms with van der Waals surface area (Å²) < 4.78 is 47.2. The Hall–Kier alpha value is -5.33. The first-order valence-electron chi connectivity index (χ1n) is 16.9. The van der Waals surface area contributed by atoms with E-state index in [1.54, 1.807) is 18.2 Å². The van der Waals surface area contributed by atoms with Crippen LogP contribution in [0, 0.1) is 0 Å². The molecular weight excluding hydrogens is 681 g/mol. The number of carbonyl (C=O) groups excluding carboxylic acids is 2. The van der Waals surface area contributed by atoms with Crippen molar-refractivity contribution in [2.75, 3.05) is 38.5 Å². The molecule has 2 heterocycles. The summed E-state index contributed by atoms with van der Waals surface area (Å²) in [6.45, 7) is -1.06. The van der Waals surface area contributed by atoms with E-state index < -0.39 is 46.1 Å². The minimum atomic E-state index is -4.33. The number of rotatable bonds is 9. The van der Waals surface area contributed by atoms with Gasteiger partial charge in [0.05, 0.1) is 59.9 Å². The summed E-state index contributed by atoms with van der Waals surface area (Å²) >= 11 is 0. The number of fused-ring (bicyclic) bond motifs is 5. The molecule has 1 unspecified atom stereocenters. The Balaban J connectivity index is 1.41. The highest BCUT2D eigenvalue weighted by Gasteiger charge is 2.67. The van der Waals surface area contributed by atoms with Crippen molar-refractivity contribution < 1.29 is 37.3 Å². The van der Waals surface area contributed by atoms with Gasteiger partial charge in [-0.25, -0.2) is 13.2 Å². The molecule has 8 rings (SSSR count). The highest BCUT2D eigenvalue weighted by molar-refractivity contribution is 7.92. The molecular formula is C41H36N2O8S. The highest BCUT2D eigenvalue weighted by Crippen LogP contribution is 2.61. The fourth-order valence-electron chi connectivity index (χ4n) is 8.27. The Kier molecular flexibility index (Phi) is 8.46. The molecule has 0 bridgehead atoms. The zero-order valence-corrected chi connectivity index (χ0v) is 29.3. The number of esters is 1. The molecule has 1 N–H and O–H groups in total. The summed E-state index contributed by atoms with van der Waals surface area (Å²) in [5.74, 6) is -2.22. The van der Waals surface area contributed by atoms with Crippen molar-refractivity contribution in [3.63, 3.8) is 0 Å². The predicted molar refractivity (Wildman–Crippen MR) is 194 cm³/mol. The summed E-state index contributed by atoms with van der Waals surface area (Å²) in [6.07, 6.45) is 0. The first kappa shape index (κ1) is 33.8. The minimum Gasteiger partial charge on any atom is -0.467 e. The van der Waals surface area contributed by atoms with Gasteiger partial charge in [-0.3, -0.25) is 14.0 Å². The third-order valence-corrected chi connectivity index (χ3v) is 12.2. The SMILES string of the molecule is COCOc1cc(C(=O)OC)cc2c1[C@H](CO)C(=O)[C@@H]1[C@H](CN2S(=O)(=O)c2ccccc2)N1C1(c2ccccc2)c2ccccc2-c2ccccc21. The number of nitrogens with zero attached hydrogens (tertiary/aromatic N) is 2. The molecule has 5 aromatic carbocycles. The number of aliphatic hydroxyl groups is 1. The maximum absolute atomic E-state index is 15.1. The van der Waals surface area contributed by atoms with Gasteiger partial charge < -0.3 is 19.3 Å². The van der Waals surface area contributed by atoms with Gasteiger partial charge in [0.1, 0.15) is 5.75 Å². The number of sulfonamides is 1. The van der Waals surface area contributed by atoms with Crippen LogP contribution < -0.4 is 9.04 Å². The van der Waals surface area contributed by atoms with E-state index in [4.69, 9.17) is 14.2 Å². The first-order valence-corrected chi connectivity index (χ1v) is 18.4. The Labute approximate surface area is 301 Å². The molecule has 1 saturated heterocycles. The maximum Gasteiger partial charge on any atom is 0.338 e. The largest absolute Gasteiger partial charge is 0.467 e. The lowest BCUT2D eigenvalue weighted by atomic mass is 9.80. The van der Waals surface area contributed by atoms with Crippen molar-refractivity contribution in [1.29, 1.82) is 0 Å². The van der Waals surface area contributed by atoms with E-state index in [2.05, 4.69) is 29.2 Å². The van der Waals surface area contributed by atoms with Crippen molar-refractivity contribution in [1.82, 2.24) is 4.90 Å². The number of Topliss-reactive ketones (excluding diaryl/α,β-unsaturated/α-hetero) is 1. The number of ether oxygens (including phenoxy) is 3. The number of ketones is 1. The molecule has 4 atom stereocenters. The average molecular weight is 717 g/mol. The Morgan fingerprint density at radius 3 is 2.04 bits per heavy atom. The molecule has 0 saturated carbocycles. The number of hydrogen-bond donors (Lipinski definition) is 1. The van der Waals surface area contributed by atoms with E-state index in [1.807, 2.05) is 54.6 Å². The molecule has 2 aliphatic heterocycles. The van der Waals surface area contributed by atoms with Crippen LogP contribution >= 0.6 is 0 Å². The third kappa shape index (κ3) is 4.99. The van der Waals surface area contributed by atoms with Crippen molar-refractivity contribution in [3.05, 3.63) is 149 Å². The van der Waals surface area contributed by atoms with Crippen molar-refractivity contribution >= 4 is 27.5 Å². The van der Waals surface area contributed by atoms with E-state index in [9.17, 15) is 18.3 Å². The lowest BCUT2D eigenvalue weighted by Crippen LogP contribution is -2.41.